The van der Waals surface area contributed by atoms with Crippen molar-refractivity contribution in [2.45, 2.75) is 40.5 Å². The molecule has 0 saturated carbocycles. The van der Waals surface area contributed by atoms with Gasteiger partial charge >= 0.3 is 0 Å². The van der Waals surface area contributed by atoms with E-state index in [0.717, 1.165) is 5.70 Å². The van der Waals surface area contributed by atoms with Crippen LogP contribution in [0.3, 0.4) is 0 Å². The van der Waals surface area contributed by atoms with Crippen molar-refractivity contribution in [3.63, 3.8) is 0 Å². The van der Waals surface area contributed by atoms with Crippen molar-refractivity contribution < 1.29 is 0 Å². The summed E-state index contributed by atoms with van der Waals surface area (Å²) < 4.78 is 0. The number of hydrogen-bond acceptors (Lipinski definition) is 1. The first-order valence-electron chi connectivity index (χ1n) is 7.28. The van der Waals surface area contributed by atoms with E-state index in [4.69, 9.17) is 0 Å². The van der Waals surface area contributed by atoms with Gasteiger partial charge in [-0.2, -0.15) is 0 Å². The van der Waals surface area contributed by atoms with E-state index in [-0.39, 0.29) is 0 Å². The highest BCUT2D eigenvalue weighted by Crippen LogP contribution is 2.28. The van der Waals surface area contributed by atoms with Gasteiger partial charge in [0.25, 0.3) is 0 Å². The van der Waals surface area contributed by atoms with Gasteiger partial charge < -0.3 is 5.32 Å². The molecule has 0 spiro atoms. The summed E-state index contributed by atoms with van der Waals surface area (Å²) in [6.07, 6.45) is 14.9. The lowest BCUT2D eigenvalue weighted by Crippen LogP contribution is -2.14. The van der Waals surface area contributed by atoms with Crippen LogP contribution in [0.5, 0.6) is 0 Å². The molecule has 0 amide bonds. The summed E-state index contributed by atoms with van der Waals surface area (Å²) in [6, 6.07) is 0. The molecule has 1 aliphatic rings. The fraction of sp³-hybridized carbons (Fsp3) is 0.444. The van der Waals surface area contributed by atoms with Gasteiger partial charge in [-0.1, -0.05) is 58.1 Å². The number of hydrogen-bond donors (Lipinski definition) is 1. The van der Waals surface area contributed by atoms with Gasteiger partial charge in [0.1, 0.15) is 0 Å². The second-order valence-corrected chi connectivity index (χ2v) is 5.21. The zero-order valence-corrected chi connectivity index (χ0v) is 12.7. The third-order valence-electron chi connectivity index (χ3n) is 3.94. The SMILES string of the molecule is C=C/C=C\C1=C(C)C=CC([C@H](CC)C(C)CC)=CN1. The summed E-state index contributed by atoms with van der Waals surface area (Å²) in [5, 5.41) is 3.43. The molecule has 1 heteroatoms. The molecule has 0 aromatic heterocycles. The van der Waals surface area contributed by atoms with E-state index in [9.17, 15) is 0 Å². The third-order valence-corrected chi connectivity index (χ3v) is 3.94. The molecule has 0 fully saturated rings. The van der Waals surface area contributed by atoms with Crippen LogP contribution in [0.4, 0.5) is 0 Å². The molecule has 1 unspecified atom stereocenters. The molecule has 1 heterocycles. The minimum Gasteiger partial charge on any atom is -0.361 e. The van der Waals surface area contributed by atoms with Gasteiger partial charge in [-0.05, 0) is 42.4 Å². The van der Waals surface area contributed by atoms with Crippen LogP contribution in [0.2, 0.25) is 0 Å². The fourth-order valence-corrected chi connectivity index (χ4v) is 2.46. The summed E-state index contributed by atoms with van der Waals surface area (Å²) in [7, 11) is 0. The van der Waals surface area contributed by atoms with Crippen LogP contribution in [-0.4, -0.2) is 0 Å². The Morgan fingerprint density at radius 1 is 1.26 bits per heavy atom. The Bertz CT molecular complexity index is 421. The Hall–Kier alpha value is -1.50. The molecule has 0 bridgehead atoms. The average molecular weight is 257 g/mol. The molecular weight excluding hydrogens is 230 g/mol. The molecule has 1 N–H and O–H groups in total. The predicted octanol–water partition coefficient (Wildman–Crippen LogP) is 5.12. The van der Waals surface area contributed by atoms with E-state index < -0.39 is 0 Å². The normalized spacial score (nSPS) is 18.8. The van der Waals surface area contributed by atoms with Gasteiger partial charge in [0.2, 0.25) is 0 Å². The Labute approximate surface area is 118 Å². The first-order chi connectivity index (χ1) is 9.13. The molecule has 1 aliphatic heterocycles. The van der Waals surface area contributed by atoms with Gasteiger partial charge in [0, 0.05) is 11.9 Å². The van der Waals surface area contributed by atoms with E-state index in [1.165, 1.54) is 24.0 Å². The smallest absolute Gasteiger partial charge is 0.0409 e. The van der Waals surface area contributed by atoms with Crippen LogP contribution in [0.25, 0.3) is 0 Å². The Balaban J connectivity index is 2.93. The first-order valence-corrected chi connectivity index (χ1v) is 7.28. The van der Waals surface area contributed by atoms with E-state index >= 15 is 0 Å². The zero-order valence-electron chi connectivity index (χ0n) is 12.7. The number of nitrogens with one attached hydrogen (secondary N) is 1. The summed E-state index contributed by atoms with van der Waals surface area (Å²) in [4.78, 5) is 0. The van der Waals surface area contributed by atoms with E-state index in [0.29, 0.717) is 11.8 Å². The second kappa shape index (κ2) is 7.83. The zero-order chi connectivity index (χ0) is 14.3. The largest absolute Gasteiger partial charge is 0.361 e. The molecule has 104 valence electrons. The van der Waals surface area contributed by atoms with Crippen LogP contribution in [0, 0.1) is 11.8 Å². The highest BCUT2D eigenvalue weighted by atomic mass is 14.9. The summed E-state index contributed by atoms with van der Waals surface area (Å²) >= 11 is 0. The number of rotatable bonds is 6. The molecule has 1 rings (SSSR count). The fourth-order valence-electron chi connectivity index (χ4n) is 2.46. The van der Waals surface area contributed by atoms with Crippen molar-refractivity contribution in [3.05, 3.63) is 60.0 Å². The maximum atomic E-state index is 3.71. The maximum absolute atomic E-state index is 3.71. The van der Waals surface area contributed by atoms with E-state index in [2.05, 4.69) is 64.0 Å². The molecule has 0 radical (unpaired) electrons. The van der Waals surface area contributed by atoms with Crippen LogP contribution >= 0.6 is 0 Å². The van der Waals surface area contributed by atoms with Crippen LogP contribution < -0.4 is 5.32 Å². The van der Waals surface area contributed by atoms with Crippen molar-refractivity contribution in [2.75, 3.05) is 0 Å². The third kappa shape index (κ3) is 4.27. The molecule has 0 aromatic rings. The minimum atomic E-state index is 0.629. The van der Waals surface area contributed by atoms with Crippen molar-refractivity contribution in [3.8, 4) is 0 Å². The van der Waals surface area contributed by atoms with Crippen LogP contribution in [0.1, 0.15) is 40.5 Å². The molecular formula is C18H27N. The highest BCUT2D eigenvalue weighted by molar-refractivity contribution is 5.39. The van der Waals surface area contributed by atoms with E-state index in [1.54, 1.807) is 6.08 Å². The van der Waals surface area contributed by atoms with Gasteiger partial charge in [0.15, 0.2) is 0 Å². The maximum Gasteiger partial charge on any atom is 0.0409 e. The second-order valence-electron chi connectivity index (χ2n) is 5.21. The van der Waals surface area contributed by atoms with Gasteiger partial charge in [-0.3, -0.25) is 0 Å². The topological polar surface area (TPSA) is 12.0 Å². The Kier molecular flexibility index (Phi) is 6.41. The van der Waals surface area contributed by atoms with Crippen molar-refractivity contribution in [1.82, 2.24) is 5.32 Å². The molecule has 19 heavy (non-hydrogen) atoms. The molecule has 0 aliphatic carbocycles. The molecule has 2 atom stereocenters. The Morgan fingerprint density at radius 2 is 2.00 bits per heavy atom. The van der Waals surface area contributed by atoms with Gasteiger partial charge in [0.05, 0.1) is 0 Å². The van der Waals surface area contributed by atoms with Gasteiger partial charge in [-0.25, -0.2) is 0 Å². The van der Waals surface area contributed by atoms with Crippen LogP contribution in [-0.2, 0) is 0 Å². The Morgan fingerprint density at radius 3 is 2.58 bits per heavy atom. The summed E-state index contributed by atoms with van der Waals surface area (Å²) in [6.45, 7) is 12.7. The lowest BCUT2D eigenvalue weighted by Gasteiger charge is -2.22. The lowest BCUT2D eigenvalue weighted by molar-refractivity contribution is 0.392. The van der Waals surface area contributed by atoms with Gasteiger partial charge in [-0.15, -0.1) is 0 Å². The van der Waals surface area contributed by atoms with Crippen molar-refractivity contribution in [2.24, 2.45) is 11.8 Å². The van der Waals surface area contributed by atoms with Crippen molar-refractivity contribution >= 4 is 0 Å². The summed E-state index contributed by atoms with van der Waals surface area (Å²) in [5.74, 6) is 1.34. The molecule has 1 nitrogen and oxygen atoms in total. The quantitative estimate of drug-likeness (QED) is 0.651. The van der Waals surface area contributed by atoms with Crippen LogP contribution in [0.15, 0.2) is 60.0 Å². The summed E-state index contributed by atoms with van der Waals surface area (Å²) in [5.41, 5.74) is 3.80. The standard InChI is InChI=1S/C18H27N/c1-6-9-10-18-15(5)11-12-16(13-19-18)17(8-3)14(4)7-2/h6,9-14,17,19H,1,7-8H2,2-5H3/b10-9-/t14?,17-/m1/s1. The average Bonchev–Trinajstić information content (AvgIpc) is 2.60. The minimum absolute atomic E-state index is 0.629. The molecule has 0 saturated heterocycles. The predicted molar refractivity (Wildman–Crippen MR) is 85.6 cm³/mol. The lowest BCUT2D eigenvalue weighted by atomic mass is 9.83. The molecule has 0 aromatic carbocycles. The highest BCUT2D eigenvalue weighted by Gasteiger charge is 2.17. The monoisotopic (exact) mass is 257 g/mol. The number of allylic oxidation sites excluding steroid dienone is 7. The van der Waals surface area contributed by atoms with E-state index in [1.807, 2.05) is 6.08 Å². The van der Waals surface area contributed by atoms with Crippen molar-refractivity contribution in [1.29, 1.82) is 0 Å². The first kappa shape index (κ1) is 15.6.